The third kappa shape index (κ3) is 1.59. The van der Waals surface area contributed by atoms with E-state index in [1.165, 1.54) is 10.8 Å². The molecule has 0 bridgehead atoms. The van der Waals surface area contributed by atoms with Gasteiger partial charge in [-0.2, -0.15) is 4.40 Å². The summed E-state index contributed by atoms with van der Waals surface area (Å²) in [4.78, 5) is 0. The average Bonchev–Trinajstić information content (AvgIpc) is 2.88. The standard InChI is InChI=1S/C16H11N3/c1-2-6-12(7-3-1)16-18-17-15-10-13-8-4-5-9-14(13)11-19(15)16/h1-11H/p+1. The van der Waals surface area contributed by atoms with Gasteiger partial charge >= 0.3 is 5.82 Å². The SMILES string of the molecule is c1ccc(-c2n[nH]c3cc4ccccc4c[n+]23)cc1. The number of pyridine rings is 1. The number of benzene rings is 2. The van der Waals surface area contributed by atoms with Crippen molar-refractivity contribution in [2.75, 3.05) is 0 Å². The van der Waals surface area contributed by atoms with E-state index in [2.05, 4.69) is 57.2 Å². The second kappa shape index (κ2) is 3.92. The maximum absolute atomic E-state index is 4.43. The Hall–Kier alpha value is -2.68. The van der Waals surface area contributed by atoms with Gasteiger partial charge in [0.25, 0.3) is 5.65 Å². The second-order valence-electron chi connectivity index (χ2n) is 4.57. The molecule has 3 heteroatoms. The molecule has 19 heavy (non-hydrogen) atoms. The summed E-state index contributed by atoms with van der Waals surface area (Å²) in [5, 5.41) is 9.94. The lowest BCUT2D eigenvalue weighted by Gasteiger charge is -1.97. The topological polar surface area (TPSA) is 32.8 Å². The Bertz CT molecular complexity index is 863. The van der Waals surface area contributed by atoms with Gasteiger partial charge in [-0.3, -0.25) is 0 Å². The third-order valence-electron chi connectivity index (χ3n) is 3.35. The first-order valence-electron chi connectivity index (χ1n) is 6.26. The highest BCUT2D eigenvalue weighted by atomic mass is 15.2. The molecule has 2 aromatic carbocycles. The summed E-state index contributed by atoms with van der Waals surface area (Å²) in [6.07, 6.45) is 2.12. The molecule has 2 heterocycles. The van der Waals surface area contributed by atoms with Crippen molar-refractivity contribution in [3.63, 3.8) is 0 Å². The lowest BCUT2D eigenvalue weighted by atomic mass is 10.1. The zero-order chi connectivity index (χ0) is 12.7. The van der Waals surface area contributed by atoms with Gasteiger partial charge in [0.2, 0.25) is 0 Å². The number of aromatic nitrogens is 3. The summed E-state index contributed by atoms with van der Waals surface area (Å²) in [6, 6.07) is 20.6. The molecule has 90 valence electrons. The van der Waals surface area contributed by atoms with Crippen LogP contribution in [0.1, 0.15) is 0 Å². The summed E-state index contributed by atoms with van der Waals surface area (Å²) in [5.74, 6) is 0.932. The smallest absolute Gasteiger partial charge is 0.197 e. The lowest BCUT2D eigenvalue weighted by molar-refractivity contribution is -0.497. The predicted octanol–water partition coefficient (Wildman–Crippen LogP) is 2.97. The van der Waals surface area contributed by atoms with E-state index in [-0.39, 0.29) is 0 Å². The lowest BCUT2D eigenvalue weighted by Crippen LogP contribution is -2.21. The summed E-state index contributed by atoms with van der Waals surface area (Å²) in [6.45, 7) is 0. The predicted molar refractivity (Wildman–Crippen MR) is 74.7 cm³/mol. The number of hydrogen-bond donors (Lipinski definition) is 1. The van der Waals surface area contributed by atoms with E-state index in [4.69, 9.17) is 0 Å². The number of nitrogens with zero attached hydrogens (tertiary/aromatic N) is 2. The Morgan fingerprint density at radius 1 is 0.842 bits per heavy atom. The largest absolute Gasteiger partial charge is 0.313 e. The first kappa shape index (κ1) is 10.3. The minimum absolute atomic E-state index is 0.932. The van der Waals surface area contributed by atoms with Crippen LogP contribution in [0.3, 0.4) is 0 Å². The first-order chi connectivity index (χ1) is 9.42. The minimum Gasteiger partial charge on any atom is -0.197 e. The summed E-state index contributed by atoms with van der Waals surface area (Å²) in [7, 11) is 0. The van der Waals surface area contributed by atoms with E-state index in [0.29, 0.717) is 0 Å². The van der Waals surface area contributed by atoms with Gasteiger partial charge in [0.05, 0.1) is 11.8 Å². The van der Waals surface area contributed by atoms with Gasteiger partial charge in [-0.05, 0) is 17.5 Å². The van der Waals surface area contributed by atoms with Crippen LogP contribution in [0.2, 0.25) is 0 Å². The molecule has 1 N–H and O–H groups in total. The molecule has 0 amide bonds. The molecular weight excluding hydrogens is 234 g/mol. The molecule has 4 aromatic rings. The number of nitrogens with one attached hydrogen (secondary N) is 1. The fourth-order valence-electron chi connectivity index (χ4n) is 2.40. The van der Waals surface area contributed by atoms with Crippen molar-refractivity contribution in [3.05, 3.63) is 66.9 Å². The molecule has 0 fully saturated rings. The van der Waals surface area contributed by atoms with Crippen LogP contribution in [-0.2, 0) is 0 Å². The van der Waals surface area contributed by atoms with Crippen LogP contribution >= 0.6 is 0 Å². The highest BCUT2D eigenvalue weighted by Gasteiger charge is 2.15. The minimum atomic E-state index is 0.932. The number of H-pyrrole nitrogens is 1. The van der Waals surface area contributed by atoms with Crippen molar-refractivity contribution in [3.8, 4) is 11.4 Å². The van der Waals surface area contributed by atoms with Gasteiger partial charge < -0.3 is 0 Å². The van der Waals surface area contributed by atoms with E-state index in [1.54, 1.807) is 0 Å². The fraction of sp³-hybridized carbons (Fsp3) is 0. The maximum atomic E-state index is 4.43. The number of aromatic amines is 1. The van der Waals surface area contributed by atoms with Crippen molar-refractivity contribution in [1.82, 2.24) is 10.2 Å². The Morgan fingerprint density at radius 2 is 1.58 bits per heavy atom. The quantitative estimate of drug-likeness (QED) is 0.515. The Kier molecular flexibility index (Phi) is 2.12. The van der Waals surface area contributed by atoms with Crippen LogP contribution in [0.25, 0.3) is 27.8 Å². The number of rotatable bonds is 1. The van der Waals surface area contributed by atoms with Gasteiger partial charge in [-0.1, -0.05) is 42.5 Å². The molecule has 0 atom stereocenters. The molecule has 2 aromatic heterocycles. The highest BCUT2D eigenvalue weighted by Crippen LogP contribution is 2.16. The van der Waals surface area contributed by atoms with Gasteiger partial charge in [0.1, 0.15) is 0 Å². The van der Waals surface area contributed by atoms with Crippen LogP contribution in [0.4, 0.5) is 0 Å². The summed E-state index contributed by atoms with van der Waals surface area (Å²) >= 11 is 0. The molecular formula is C16H12N3+. The second-order valence-corrected chi connectivity index (χ2v) is 4.57. The van der Waals surface area contributed by atoms with E-state index in [0.717, 1.165) is 17.0 Å². The average molecular weight is 246 g/mol. The van der Waals surface area contributed by atoms with E-state index >= 15 is 0 Å². The van der Waals surface area contributed by atoms with E-state index < -0.39 is 0 Å². The third-order valence-corrected chi connectivity index (χ3v) is 3.35. The molecule has 4 rings (SSSR count). The Labute approximate surface area is 110 Å². The van der Waals surface area contributed by atoms with Gasteiger partial charge in [-0.15, -0.1) is 5.10 Å². The molecule has 0 saturated heterocycles. The van der Waals surface area contributed by atoms with Crippen LogP contribution in [0.5, 0.6) is 0 Å². The molecule has 0 aliphatic rings. The van der Waals surface area contributed by atoms with Gasteiger partial charge in [0, 0.05) is 16.6 Å². The van der Waals surface area contributed by atoms with Crippen molar-refractivity contribution < 1.29 is 4.40 Å². The van der Waals surface area contributed by atoms with Gasteiger partial charge in [0.15, 0.2) is 0 Å². The monoisotopic (exact) mass is 246 g/mol. The molecule has 0 radical (unpaired) electrons. The Morgan fingerprint density at radius 3 is 2.42 bits per heavy atom. The first-order valence-corrected chi connectivity index (χ1v) is 6.26. The molecule has 3 nitrogen and oxygen atoms in total. The van der Waals surface area contributed by atoms with Crippen LogP contribution < -0.4 is 4.40 Å². The van der Waals surface area contributed by atoms with E-state index in [1.807, 2.05) is 24.3 Å². The van der Waals surface area contributed by atoms with Crippen molar-refractivity contribution in [2.45, 2.75) is 0 Å². The highest BCUT2D eigenvalue weighted by molar-refractivity contribution is 5.83. The molecule has 0 aliphatic heterocycles. The molecule has 0 unspecified atom stereocenters. The van der Waals surface area contributed by atoms with Crippen molar-refractivity contribution in [2.24, 2.45) is 0 Å². The summed E-state index contributed by atoms with van der Waals surface area (Å²) < 4.78 is 2.09. The van der Waals surface area contributed by atoms with Gasteiger partial charge in [-0.25, -0.2) is 0 Å². The van der Waals surface area contributed by atoms with Crippen LogP contribution in [0.15, 0.2) is 66.9 Å². The zero-order valence-corrected chi connectivity index (χ0v) is 10.2. The van der Waals surface area contributed by atoms with Crippen molar-refractivity contribution in [1.29, 1.82) is 0 Å². The Balaban J connectivity index is 2.05. The number of hydrogen-bond acceptors (Lipinski definition) is 1. The van der Waals surface area contributed by atoms with E-state index in [9.17, 15) is 0 Å². The summed E-state index contributed by atoms with van der Waals surface area (Å²) in [5.41, 5.74) is 2.10. The zero-order valence-electron chi connectivity index (χ0n) is 10.2. The molecule has 0 saturated carbocycles. The maximum Gasteiger partial charge on any atom is 0.313 e. The fourth-order valence-corrected chi connectivity index (χ4v) is 2.40. The van der Waals surface area contributed by atoms with Crippen LogP contribution in [0, 0.1) is 0 Å². The normalized spacial score (nSPS) is 11.2. The molecule has 0 aliphatic carbocycles. The molecule has 0 spiro atoms. The number of fused-ring (bicyclic) bond motifs is 2. The van der Waals surface area contributed by atoms with Crippen molar-refractivity contribution >= 4 is 16.4 Å². The van der Waals surface area contributed by atoms with Crippen LogP contribution in [-0.4, -0.2) is 10.2 Å².